The van der Waals surface area contributed by atoms with Crippen LogP contribution in [0.1, 0.15) is 42.3 Å². The molecule has 24 heavy (non-hydrogen) atoms. The molecule has 2 aromatic rings. The van der Waals surface area contributed by atoms with Crippen LogP contribution >= 0.6 is 0 Å². The molecule has 2 aromatic carbocycles. The Morgan fingerprint density at radius 2 is 1.62 bits per heavy atom. The topological polar surface area (TPSA) is 58.2 Å². The first-order valence-electron chi connectivity index (χ1n) is 7.97. The van der Waals surface area contributed by atoms with Gasteiger partial charge in [-0.1, -0.05) is 39.0 Å². The molecule has 2 amide bonds. The quantitative estimate of drug-likeness (QED) is 0.871. The van der Waals surface area contributed by atoms with Gasteiger partial charge in [0, 0.05) is 22.4 Å². The smallest absolute Gasteiger partial charge is 0.255 e. The third kappa shape index (κ3) is 4.44. The molecule has 0 atom stereocenters. The van der Waals surface area contributed by atoms with Gasteiger partial charge in [-0.2, -0.15) is 0 Å². The van der Waals surface area contributed by atoms with E-state index in [0.29, 0.717) is 11.3 Å². The third-order valence-electron chi connectivity index (χ3n) is 3.71. The van der Waals surface area contributed by atoms with Crippen LogP contribution in [0.15, 0.2) is 42.5 Å². The van der Waals surface area contributed by atoms with Crippen LogP contribution in [0.5, 0.6) is 0 Å². The summed E-state index contributed by atoms with van der Waals surface area (Å²) in [5.41, 5.74) is 3.51. The van der Waals surface area contributed by atoms with Crippen molar-refractivity contribution < 1.29 is 9.59 Å². The predicted molar refractivity (Wildman–Crippen MR) is 98.4 cm³/mol. The molecule has 0 bridgehead atoms. The van der Waals surface area contributed by atoms with E-state index in [1.165, 1.54) is 0 Å². The molecule has 2 N–H and O–H groups in total. The summed E-state index contributed by atoms with van der Waals surface area (Å²) in [7, 11) is 0. The van der Waals surface area contributed by atoms with Crippen molar-refractivity contribution in [1.82, 2.24) is 0 Å². The van der Waals surface area contributed by atoms with Crippen LogP contribution in [0.3, 0.4) is 0 Å². The van der Waals surface area contributed by atoms with Gasteiger partial charge < -0.3 is 10.6 Å². The Bertz CT molecular complexity index is 773. The summed E-state index contributed by atoms with van der Waals surface area (Å²) >= 11 is 0. The Morgan fingerprint density at radius 1 is 0.917 bits per heavy atom. The second-order valence-corrected chi connectivity index (χ2v) is 7.06. The first-order valence-corrected chi connectivity index (χ1v) is 7.97. The molecule has 0 aromatic heterocycles. The van der Waals surface area contributed by atoms with Gasteiger partial charge in [0.25, 0.3) is 5.91 Å². The maximum atomic E-state index is 12.5. The number of carbonyl (C=O) groups is 2. The van der Waals surface area contributed by atoms with Gasteiger partial charge in [-0.25, -0.2) is 0 Å². The minimum atomic E-state index is -0.489. The number of hydrogen-bond donors (Lipinski definition) is 2. The summed E-state index contributed by atoms with van der Waals surface area (Å²) < 4.78 is 0. The first kappa shape index (κ1) is 17.7. The lowest BCUT2D eigenvalue weighted by Crippen LogP contribution is -2.27. The summed E-state index contributed by atoms with van der Waals surface area (Å²) in [6.07, 6.45) is 0. The molecule has 0 aliphatic rings. The Hall–Kier alpha value is -2.62. The molecule has 0 unspecified atom stereocenters. The van der Waals surface area contributed by atoms with E-state index in [-0.39, 0.29) is 11.8 Å². The molecule has 0 saturated heterocycles. The van der Waals surface area contributed by atoms with Gasteiger partial charge in [0.05, 0.1) is 0 Å². The molecule has 0 aliphatic heterocycles. The van der Waals surface area contributed by atoms with E-state index in [1.807, 2.05) is 52.8 Å². The minimum absolute atomic E-state index is 0.0883. The van der Waals surface area contributed by atoms with Gasteiger partial charge in [-0.05, 0) is 49.2 Å². The molecule has 2 rings (SSSR count). The zero-order valence-electron chi connectivity index (χ0n) is 14.9. The molecule has 0 spiro atoms. The van der Waals surface area contributed by atoms with Crippen molar-refractivity contribution in [2.75, 3.05) is 10.6 Å². The molecule has 0 aliphatic carbocycles. The average Bonchev–Trinajstić information content (AvgIpc) is 2.50. The van der Waals surface area contributed by atoms with Gasteiger partial charge >= 0.3 is 0 Å². The molecule has 0 fully saturated rings. The molecule has 0 radical (unpaired) electrons. The van der Waals surface area contributed by atoms with Crippen molar-refractivity contribution in [3.05, 3.63) is 59.2 Å². The van der Waals surface area contributed by atoms with Crippen molar-refractivity contribution >= 4 is 23.2 Å². The van der Waals surface area contributed by atoms with E-state index in [4.69, 9.17) is 0 Å². The van der Waals surface area contributed by atoms with Gasteiger partial charge in [0.1, 0.15) is 0 Å². The van der Waals surface area contributed by atoms with E-state index in [0.717, 1.165) is 16.8 Å². The zero-order valence-corrected chi connectivity index (χ0v) is 14.9. The Morgan fingerprint density at radius 3 is 2.29 bits per heavy atom. The van der Waals surface area contributed by atoms with E-state index in [1.54, 1.807) is 24.3 Å². The summed E-state index contributed by atoms with van der Waals surface area (Å²) in [6, 6.07) is 12.9. The monoisotopic (exact) mass is 324 g/mol. The molecule has 4 heteroatoms. The highest BCUT2D eigenvalue weighted by Gasteiger charge is 2.21. The molecular weight excluding hydrogens is 300 g/mol. The van der Waals surface area contributed by atoms with Crippen molar-refractivity contribution in [3.8, 4) is 0 Å². The maximum Gasteiger partial charge on any atom is 0.255 e. The van der Waals surface area contributed by atoms with Crippen LogP contribution in [-0.4, -0.2) is 11.8 Å². The largest absolute Gasteiger partial charge is 0.326 e. The minimum Gasteiger partial charge on any atom is -0.326 e. The lowest BCUT2D eigenvalue weighted by Gasteiger charge is -2.18. The van der Waals surface area contributed by atoms with E-state index < -0.39 is 5.41 Å². The van der Waals surface area contributed by atoms with Crippen LogP contribution in [0.4, 0.5) is 11.4 Å². The van der Waals surface area contributed by atoms with Gasteiger partial charge in [-0.15, -0.1) is 0 Å². The summed E-state index contributed by atoms with van der Waals surface area (Å²) in [6.45, 7) is 9.48. The Kier molecular flexibility index (Phi) is 5.07. The van der Waals surface area contributed by atoms with E-state index >= 15 is 0 Å². The molecular formula is C20H24N2O2. The number of amides is 2. The van der Waals surface area contributed by atoms with Crippen molar-refractivity contribution in [2.24, 2.45) is 5.41 Å². The third-order valence-corrected chi connectivity index (χ3v) is 3.71. The molecule has 0 heterocycles. The van der Waals surface area contributed by atoms with Crippen molar-refractivity contribution in [2.45, 2.75) is 34.6 Å². The Balaban J connectivity index is 2.17. The number of rotatable bonds is 3. The van der Waals surface area contributed by atoms with Crippen LogP contribution in [-0.2, 0) is 4.79 Å². The molecule has 4 nitrogen and oxygen atoms in total. The van der Waals surface area contributed by atoms with Gasteiger partial charge in [0.2, 0.25) is 5.91 Å². The van der Waals surface area contributed by atoms with Crippen LogP contribution in [0.2, 0.25) is 0 Å². The van der Waals surface area contributed by atoms with Crippen LogP contribution in [0, 0.1) is 19.3 Å². The number of aryl methyl sites for hydroxylation is 2. The van der Waals surface area contributed by atoms with E-state index in [2.05, 4.69) is 10.6 Å². The average molecular weight is 324 g/mol. The van der Waals surface area contributed by atoms with E-state index in [9.17, 15) is 9.59 Å². The fraction of sp³-hybridized carbons (Fsp3) is 0.300. The number of benzene rings is 2. The summed E-state index contributed by atoms with van der Waals surface area (Å²) in [5, 5.41) is 5.77. The number of anilines is 2. The second-order valence-electron chi connectivity index (χ2n) is 7.06. The maximum absolute atomic E-state index is 12.5. The first-order chi connectivity index (χ1) is 11.2. The van der Waals surface area contributed by atoms with Crippen molar-refractivity contribution in [3.63, 3.8) is 0 Å². The molecule has 126 valence electrons. The predicted octanol–water partition coefficient (Wildman–Crippen LogP) is 4.54. The normalized spacial score (nSPS) is 11.0. The highest BCUT2D eigenvalue weighted by molar-refractivity contribution is 6.06. The lowest BCUT2D eigenvalue weighted by molar-refractivity contribution is -0.123. The summed E-state index contributed by atoms with van der Waals surface area (Å²) in [4.78, 5) is 24.6. The fourth-order valence-electron chi connectivity index (χ4n) is 2.12. The molecule has 0 saturated carbocycles. The van der Waals surface area contributed by atoms with Gasteiger partial charge in [-0.3, -0.25) is 9.59 Å². The summed E-state index contributed by atoms with van der Waals surface area (Å²) in [5.74, 6) is -0.287. The lowest BCUT2D eigenvalue weighted by atomic mass is 9.95. The number of hydrogen-bond acceptors (Lipinski definition) is 2. The van der Waals surface area contributed by atoms with Crippen molar-refractivity contribution in [1.29, 1.82) is 0 Å². The van der Waals surface area contributed by atoms with Gasteiger partial charge in [0.15, 0.2) is 0 Å². The fourth-order valence-corrected chi connectivity index (χ4v) is 2.12. The zero-order chi connectivity index (χ0) is 17.9. The SMILES string of the molecule is Cc1ccc(C)c(NC(=O)c2cccc(NC(=O)C(C)(C)C)c2)c1. The number of carbonyl (C=O) groups excluding carboxylic acids is 2. The highest BCUT2D eigenvalue weighted by atomic mass is 16.2. The second kappa shape index (κ2) is 6.87. The highest BCUT2D eigenvalue weighted by Crippen LogP contribution is 2.20. The standard InChI is InChI=1S/C20H24N2O2/c1-13-9-10-14(2)17(11-13)22-18(23)15-7-6-8-16(12-15)21-19(24)20(3,4)5/h6-12H,1-5H3,(H,21,24)(H,22,23). The van der Waals surface area contributed by atoms with Crippen LogP contribution in [0.25, 0.3) is 0 Å². The number of nitrogens with one attached hydrogen (secondary N) is 2. The van der Waals surface area contributed by atoms with Crippen LogP contribution < -0.4 is 10.6 Å². The Labute approximate surface area is 143 Å².